The van der Waals surface area contributed by atoms with Crippen molar-refractivity contribution in [3.8, 4) is 0 Å². The first kappa shape index (κ1) is 14.9. The standard InChI is InChI=1S/C11H25NO2S/c1-5-7-15(13,14)8-6-11(9(2)3)10(4)12/h9-11H,5-8,12H2,1-4H3. The van der Waals surface area contributed by atoms with Gasteiger partial charge >= 0.3 is 0 Å². The van der Waals surface area contributed by atoms with E-state index in [9.17, 15) is 8.42 Å². The second kappa shape index (κ2) is 6.48. The topological polar surface area (TPSA) is 60.2 Å². The molecule has 0 saturated carbocycles. The van der Waals surface area contributed by atoms with Crippen LogP contribution in [-0.2, 0) is 9.84 Å². The molecule has 15 heavy (non-hydrogen) atoms. The van der Waals surface area contributed by atoms with E-state index in [-0.39, 0.29) is 11.8 Å². The lowest BCUT2D eigenvalue weighted by Gasteiger charge is -2.24. The lowest BCUT2D eigenvalue weighted by atomic mass is 9.88. The quantitative estimate of drug-likeness (QED) is 0.732. The maximum absolute atomic E-state index is 11.5. The third-order valence-corrected chi connectivity index (χ3v) is 4.70. The molecule has 0 amide bonds. The number of rotatable bonds is 7. The van der Waals surface area contributed by atoms with Crippen molar-refractivity contribution in [2.75, 3.05) is 11.5 Å². The normalized spacial score (nSPS) is 16.7. The van der Waals surface area contributed by atoms with Crippen LogP contribution in [0.25, 0.3) is 0 Å². The van der Waals surface area contributed by atoms with Crippen LogP contribution in [0.15, 0.2) is 0 Å². The summed E-state index contributed by atoms with van der Waals surface area (Å²) in [6, 6.07) is 0.0711. The van der Waals surface area contributed by atoms with Crippen molar-refractivity contribution < 1.29 is 8.42 Å². The number of hydrogen-bond donors (Lipinski definition) is 1. The van der Waals surface area contributed by atoms with E-state index in [0.717, 1.165) is 0 Å². The Morgan fingerprint density at radius 1 is 1.13 bits per heavy atom. The summed E-state index contributed by atoms with van der Waals surface area (Å²) in [5.74, 6) is 1.33. The summed E-state index contributed by atoms with van der Waals surface area (Å²) in [6.07, 6.45) is 1.39. The SMILES string of the molecule is CCCS(=O)(=O)CCC(C(C)C)C(C)N. The molecule has 0 rings (SSSR count). The molecule has 2 atom stereocenters. The molecule has 2 unspecified atom stereocenters. The smallest absolute Gasteiger partial charge is 0.150 e. The lowest BCUT2D eigenvalue weighted by molar-refractivity contribution is 0.322. The van der Waals surface area contributed by atoms with Gasteiger partial charge in [-0.3, -0.25) is 0 Å². The van der Waals surface area contributed by atoms with Crippen molar-refractivity contribution in [1.82, 2.24) is 0 Å². The van der Waals surface area contributed by atoms with Crippen LogP contribution in [0.1, 0.15) is 40.5 Å². The van der Waals surface area contributed by atoms with E-state index in [4.69, 9.17) is 5.73 Å². The largest absolute Gasteiger partial charge is 0.328 e. The molecule has 3 nitrogen and oxygen atoms in total. The van der Waals surface area contributed by atoms with Crippen LogP contribution in [0, 0.1) is 11.8 Å². The Morgan fingerprint density at radius 3 is 2.00 bits per heavy atom. The fourth-order valence-electron chi connectivity index (χ4n) is 1.93. The summed E-state index contributed by atoms with van der Waals surface area (Å²) in [4.78, 5) is 0. The predicted octanol–water partition coefficient (Wildman–Crippen LogP) is 1.82. The molecule has 0 aliphatic carbocycles. The molecule has 0 aliphatic heterocycles. The molecule has 0 aromatic carbocycles. The first-order chi connectivity index (χ1) is 6.80. The van der Waals surface area contributed by atoms with E-state index in [1.54, 1.807) is 0 Å². The van der Waals surface area contributed by atoms with Crippen molar-refractivity contribution >= 4 is 9.84 Å². The lowest BCUT2D eigenvalue weighted by Crippen LogP contribution is -2.32. The molecule has 0 aliphatic rings. The zero-order valence-electron chi connectivity index (χ0n) is 10.4. The molecule has 0 saturated heterocycles. The van der Waals surface area contributed by atoms with Crippen molar-refractivity contribution in [2.45, 2.75) is 46.6 Å². The molecular formula is C11H25NO2S. The molecule has 2 N–H and O–H groups in total. The van der Waals surface area contributed by atoms with Crippen molar-refractivity contribution in [1.29, 1.82) is 0 Å². The van der Waals surface area contributed by atoms with Gasteiger partial charge in [0.05, 0.1) is 5.75 Å². The zero-order valence-corrected chi connectivity index (χ0v) is 11.2. The minimum absolute atomic E-state index is 0.0711. The maximum Gasteiger partial charge on any atom is 0.150 e. The Hall–Kier alpha value is -0.0900. The highest BCUT2D eigenvalue weighted by molar-refractivity contribution is 7.91. The summed E-state index contributed by atoms with van der Waals surface area (Å²) in [5.41, 5.74) is 5.85. The predicted molar refractivity (Wildman–Crippen MR) is 65.5 cm³/mol. The highest BCUT2D eigenvalue weighted by Gasteiger charge is 2.20. The van der Waals surface area contributed by atoms with Crippen molar-refractivity contribution in [3.05, 3.63) is 0 Å². The molecule has 0 aromatic rings. The molecule has 0 spiro atoms. The van der Waals surface area contributed by atoms with Crippen LogP contribution >= 0.6 is 0 Å². The van der Waals surface area contributed by atoms with Gasteiger partial charge in [-0.05, 0) is 31.6 Å². The Balaban J connectivity index is 4.22. The molecule has 0 fully saturated rings. The van der Waals surface area contributed by atoms with E-state index in [0.29, 0.717) is 30.4 Å². The molecule has 4 heteroatoms. The summed E-state index contributed by atoms with van der Waals surface area (Å²) >= 11 is 0. The van der Waals surface area contributed by atoms with Crippen LogP contribution in [0.3, 0.4) is 0 Å². The fourth-order valence-corrected chi connectivity index (χ4v) is 3.39. The molecule has 0 bridgehead atoms. The van der Waals surface area contributed by atoms with Crippen LogP contribution < -0.4 is 5.73 Å². The Bertz CT molecular complexity index is 250. The van der Waals surface area contributed by atoms with Gasteiger partial charge in [0, 0.05) is 11.8 Å². The van der Waals surface area contributed by atoms with E-state index >= 15 is 0 Å². The number of nitrogens with two attached hydrogens (primary N) is 1. The monoisotopic (exact) mass is 235 g/mol. The third kappa shape index (κ3) is 6.15. The second-order valence-corrected chi connectivity index (χ2v) is 7.01. The number of hydrogen-bond acceptors (Lipinski definition) is 3. The van der Waals surface area contributed by atoms with Crippen molar-refractivity contribution in [2.24, 2.45) is 17.6 Å². The van der Waals surface area contributed by atoms with Gasteiger partial charge in [-0.15, -0.1) is 0 Å². The van der Waals surface area contributed by atoms with E-state index in [2.05, 4.69) is 13.8 Å². The summed E-state index contributed by atoms with van der Waals surface area (Å²) in [7, 11) is -2.85. The fraction of sp³-hybridized carbons (Fsp3) is 1.00. The first-order valence-electron chi connectivity index (χ1n) is 5.76. The van der Waals surface area contributed by atoms with Gasteiger partial charge in [-0.1, -0.05) is 20.8 Å². The summed E-state index contributed by atoms with van der Waals surface area (Å²) < 4.78 is 23.1. The molecule has 0 aromatic heterocycles. The zero-order chi connectivity index (χ0) is 12.1. The molecule has 0 radical (unpaired) electrons. The number of sulfone groups is 1. The van der Waals surface area contributed by atoms with E-state index in [1.165, 1.54) is 0 Å². The second-order valence-electron chi connectivity index (χ2n) is 4.71. The van der Waals surface area contributed by atoms with Gasteiger partial charge in [-0.2, -0.15) is 0 Å². The molecule has 0 heterocycles. The average Bonchev–Trinajstić information content (AvgIpc) is 2.01. The Labute approximate surface area is 94.4 Å². The molecule has 92 valence electrons. The Morgan fingerprint density at radius 2 is 1.67 bits per heavy atom. The van der Waals surface area contributed by atoms with Crippen LogP contribution in [-0.4, -0.2) is 26.0 Å². The highest BCUT2D eigenvalue weighted by Crippen LogP contribution is 2.19. The van der Waals surface area contributed by atoms with Gasteiger partial charge in [0.2, 0.25) is 0 Å². The van der Waals surface area contributed by atoms with Crippen LogP contribution in [0.4, 0.5) is 0 Å². The minimum Gasteiger partial charge on any atom is -0.328 e. The van der Waals surface area contributed by atoms with E-state index in [1.807, 2.05) is 13.8 Å². The third-order valence-electron chi connectivity index (χ3n) is 2.81. The average molecular weight is 235 g/mol. The molecular weight excluding hydrogens is 210 g/mol. The van der Waals surface area contributed by atoms with Crippen LogP contribution in [0.5, 0.6) is 0 Å². The maximum atomic E-state index is 11.5. The van der Waals surface area contributed by atoms with Crippen LogP contribution in [0.2, 0.25) is 0 Å². The van der Waals surface area contributed by atoms with Crippen molar-refractivity contribution in [3.63, 3.8) is 0 Å². The summed E-state index contributed by atoms with van der Waals surface area (Å²) in [6.45, 7) is 8.04. The van der Waals surface area contributed by atoms with Gasteiger partial charge in [0.15, 0.2) is 0 Å². The Kier molecular flexibility index (Phi) is 6.44. The van der Waals surface area contributed by atoms with Gasteiger partial charge in [0.1, 0.15) is 9.84 Å². The van der Waals surface area contributed by atoms with Gasteiger partial charge < -0.3 is 5.73 Å². The van der Waals surface area contributed by atoms with E-state index < -0.39 is 9.84 Å². The highest BCUT2D eigenvalue weighted by atomic mass is 32.2. The van der Waals surface area contributed by atoms with Gasteiger partial charge in [-0.25, -0.2) is 8.42 Å². The summed E-state index contributed by atoms with van der Waals surface area (Å²) in [5, 5.41) is 0. The minimum atomic E-state index is -2.85. The first-order valence-corrected chi connectivity index (χ1v) is 7.58. The van der Waals surface area contributed by atoms with Gasteiger partial charge in [0.25, 0.3) is 0 Å².